The molecule has 3 aromatic rings. The second-order valence-electron chi connectivity index (χ2n) is 8.34. The van der Waals surface area contributed by atoms with E-state index in [0.29, 0.717) is 43.3 Å². The zero-order valence-corrected chi connectivity index (χ0v) is 19.9. The largest absolute Gasteiger partial charge is 0.496 e. The Labute approximate surface area is 199 Å². The number of piperazine rings is 1. The normalized spacial score (nSPS) is 15.8. The minimum Gasteiger partial charge on any atom is -0.496 e. The number of aromatic nitrogens is 1. The van der Waals surface area contributed by atoms with Gasteiger partial charge in [0.05, 0.1) is 24.4 Å². The van der Waals surface area contributed by atoms with E-state index in [1.807, 2.05) is 44.2 Å². The van der Waals surface area contributed by atoms with Gasteiger partial charge < -0.3 is 23.8 Å². The molecule has 1 aromatic heterocycles. The van der Waals surface area contributed by atoms with Crippen LogP contribution in [0.25, 0.3) is 0 Å². The topological polar surface area (TPSA) is 85.1 Å². The van der Waals surface area contributed by atoms with Gasteiger partial charge in [0.1, 0.15) is 23.9 Å². The predicted octanol–water partition coefficient (Wildman–Crippen LogP) is 3.92. The number of ether oxygens (including phenoxy) is 2. The first-order chi connectivity index (χ1) is 16.4. The van der Waals surface area contributed by atoms with Gasteiger partial charge in [-0.15, -0.1) is 0 Å². The quantitative estimate of drug-likeness (QED) is 0.551. The average molecular weight is 464 g/mol. The lowest BCUT2D eigenvalue weighted by molar-refractivity contribution is -0.133. The van der Waals surface area contributed by atoms with E-state index >= 15 is 0 Å². The predicted molar refractivity (Wildman–Crippen MR) is 126 cm³/mol. The number of nitrogens with zero attached hydrogens (tertiary/aromatic N) is 3. The number of hydrogen-bond acceptors (Lipinski definition) is 6. The SMILES string of the molecule is COc1ccccc1[C@@H]1CN(C(=O)c2cccc(OCc3c(C)noc3C)c2)CCN1C(C)=O. The molecule has 2 amide bonds. The van der Waals surface area contributed by atoms with Crippen LogP contribution in [0.15, 0.2) is 53.1 Å². The first-order valence-electron chi connectivity index (χ1n) is 11.2. The fourth-order valence-corrected chi connectivity index (χ4v) is 4.32. The van der Waals surface area contributed by atoms with Crippen LogP contribution in [0.4, 0.5) is 0 Å². The highest BCUT2D eigenvalue weighted by molar-refractivity contribution is 5.95. The van der Waals surface area contributed by atoms with E-state index in [1.54, 1.807) is 42.0 Å². The van der Waals surface area contributed by atoms with Gasteiger partial charge in [0.2, 0.25) is 5.91 Å². The van der Waals surface area contributed by atoms with Gasteiger partial charge in [-0.3, -0.25) is 9.59 Å². The summed E-state index contributed by atoms with van der Waals surface area (Å²) in [5.74, 6) is 1.87. The van der Waals surface area contributed by atoms with Crippen LogP contribution in [0.3, 0.4) is 0 Å². The molecule has 0 saturated carbocycles. The molecule has 1 atom stereocenters. The van der Waals surface area contributed by atoms with Gasteiger partial charge in [-0.2, -0.15) is 0 Å². The molecule has 2 heterocycles. The molecule has 8 nitrogen and oxygen atoms in total. The molecule has 0 spiro atoms. The zero-order valence-electron chi connectivity index (χ0n) is 19.9. The summed E-state index contributed by atoms with van der Waals surface area (Å²) >= 11 is 0. The first-order valence-corrected chi connectivity index (χ1v) is 11.2. The Bertz CT molecular complexity index is 1170. The van der Waals surface area contributed by atoms with E-state index < -0.39 is 0 Å². The molecule has 0 N–H and O–H groups in total. The molecule has 4 rings (SSSR count). The summed E-state index contributed by atoms with van der Waals surface area (Å²) in [6.07, 6.45) is 0. The Morgan fingerprint density at radius 1 is 1.12 bits per heavy atom. The van der Waals surface area contributed by atoms with Gasteiger partial charge in [0, 0.05) is 37.7 Å². The number of carbonyl (C=O) groups is 2. The number of amides is 2. The van der Waals surface area contributed by atoms with Crippen LogP contribution in [-0.4, -0.2) is 53.5 Å². The third-order valence-electron chi connectivity index (χ3n) is 6.22. The summed E-state index contributed by atoms with van der Waals surface area (Å²) < 4.78 is 16.6. The Morgan fingerprint density at radius 3 is 2.62 bits per heavy atom. The van der Waals surface area contributed by atoms with Crippen molar-refractivity contribution in [3.8, 4) is 11.5 Å². The standard InChI is InChI=1S/C26H29N3O5/c1-17-23(18(2)34-27-17)16-33-21-9-7-8-20(14-21)26(31)28-12-13-29(19(3)30)24(15-28)22-10-5-6-11-25(22)32-4/h5-11,14,24H,12-13,15-16H2,1-4H3/t24-/m0/s1. The fourth-order valence-electron chi connectivity index (χ4n) is 4.32. The molecule has 0 aliphatic carbocycles. The molecule has 0 bridgehead atoms. The van der Waals surface area contributed by atoms with Crippen molar-refractivity contribution in [3.05, 3.63) is 76.7 Å². The summed E-state index contributed by atoms with van der Waals surface area (Å²) in [5.41, 5.74) is 3.10. The van der Waals surface area contributed by atoms with E-state index in [1.165, 1.54) is 0 Å². The molecule has 34 heavy (non-hydrogen) atoms. The van der Waals surface area contributed by atoms with Crippen LogP contribution >= 0.6 is 0 Å². The monoisotopic (exact) mass is 463 g/mol. The second-order valence-corrected chi connectivity index (χ2v) is 8.34. The molecule has 2 aromatic carbocycles. The lowest BCUT2D eigenvalue weighted by atomic mass is 10.00. The van der Waals surface area contributed by atoms with Crippen LogP contribution < -0.4 is 9.47 Å². The second kappa shape index (κ2) is 9.99. The Morgan fingerprint density at radius 2 is 1.91 bits per heavy atom. The van der Waals surface area contributed by atoms with Crippen molar-refractivity contribution < 1.29 is 23.6 Å². The summed E-state index contributed by atoms with van der Waals surface area (Å²) in [4.78, 5) is 29.3. The molecule has 178 valence electrons. The third kappa shape index (κ3) is 4.76. The number of aryl methyl sites for hydroxylation is 2. The van der Waals surface area contributed by atoms with Crippen LogP contribution in [0, 0.1) is 13.8 Å². The maximum Gasteiger partial charge on any atom is 0.254 e. The summed E-state index contributed by atoms with van der Waals surface area (Å²) in [6.45, 7) is 6.86. The van der Waals surface area contributed by atoms with Gasteiger partial charge in [-0.1, -0.05) is 29.4 Å². The zero-order chi connectivity index (χ0) is 24.2. The molecule has 1 aliphatic heterocycles. The van der Waals surface area contributed by atoms with Gasteiger partial charge in [-0.05, 0) is 38.1 Å². The van der Waals surface area contributed by atoms with E-state index in [4.69, 9.17) is 14.0 Å². The van der Waals surface area contributed by atoms with Crippen molar-refractivity contribution in [1.82, 2.24) is 15.0 Å². The highest BCUT2D eigenvalue weighted by Gasteiger charge is 2.34. The number of methoxy groups -OCH3 is 1. The molecule has 0 radical (unpaired) electrons. The number of carbonyl (C=O) groups excluding carboxylic acids is 2. The van der Waals surface area contributed by atoms with E-state index in [9.17, 15) is 9.59 Å². The smallest absolute Gasteiger partial charge is 0.254 e. The average Bonchev–Trinajstić information content (AvgIpc) is 3.18. The summed E-state index contributed by atoms with van der Waals surface area (Å²) in [5, 5.41) is 3.95. The fraction of sp³-hybridized carbons (Fsp3) is 0.346. The minimum atomic E-state index is -0.287. The van der Waals surface area contributed by atoms with Crippen molar-refractivity contribution in [2.75, 3.05) is 26.7 Å². The molecular formula is C26H29N3O5. The first kappa shape index (κ1) is 23.4. The van der Waals surface area contributed by atoms with Gasteiger partial charge in [-0.25, -0.2) is 0 Å². The maximum atomic E-state index is 13.4. The van der Waals surface area contributed by atoms with Crippen molar-refractivity contribution in [2.24, 2.45) is 0 Å². The van der Waals surface area contributed by atoms with Crippen LogP contribution in [0.1, 0.15) is 45.9 Å². The van der Waals surface area contributed by atoms with Crippen LogP contribution in [0.5, 0.6) is 11.5 Å². The molecule has 0 unspecified atom stereocenters. The van der Waals surface area contributed by atoms with Crippen molar-refractivity contribution in [1.29, 1.82) is 0 Å². The number of rotatable bonds is 6. The highest BCUT2D eigenvalue weighted by Crippen LogP contribution is 2.33. The van der Waals surface area contributed by atoms with E-state index in [0.717, 1.165) is 22.6 Å². The van der Waals surface area contributed by atoms with E-state index in [-0.39, 0.29) is 17.9 Å². The molecular weight excluding hydrogens is 434 g/mol. The van der Waals surface area contributed by atoms with Gasteiger partial charge in [0.15, 0.2) is 0 Å². The number of para-hydroxylation sites is 1. The van der Waals surface area contributed by atoms with Crippen LogP contribution in [0.2, 0.25) is 0 Å². The lowest BCUT2D eigenvalue weighted by Gasteiger charge is -2.41. The Hall–Kier alpha value is -3.81. The van der Waals surface area contributed by atoms with E-state index in [2.05, 4.69) is 5.16 Å². The minimum absolute atomic E-state index is 0.0299. The lowest BCUT2D eigenvalue weighted by Crippen LogP contribution is -2.51. The summed E-state index contributed by atoms with van der Waals surface area (Å²) in [7, 11) is 1.61. The number of benzene rings is 2. The summed E-state index contributed by atoms with van der Waals surface area (Å²) in [6, 6.07) is 14.5. The number of hydrogen-bond donors (Lipinski definition) is 0. The Balaban J connectivity index is 1.52. The Kier molecular flexibility index (Phi) is 6.86. The van der Waals surface area contributed by atoms with Gasteiger partial charge in [0.25, 0.3) is 5.91 Å². The van der Waals surface area contributed by atoms with Crippen molar-refractivity contribution in [2.45, 2.75) is 33.4 Å². The van der Waals surface area contributed by atoms with Crippen LogP contribution in [-0.2, 0) is 11.4 Å². The molecule has 8 heteroatoms. The van der Waals surface area contributed by atoms with Crippen molar-refractivity contribution >= 4 is 11.8 Å². The van der Waals surface area contributed by atoms with Crippen molar-refractivity contribution in [3.63, 3.8) is 0 Å². The molecule has 1 saturated heterocycles. The molecule has 1 fully saturated rings. The molecule has 1 aliphatic rings. The highest BCUT2D eigenvalue weighted by atomic mass is 16.5. The third-order valence-corrected chi connectivity index (χ3v) is 6.22. The van der Waals surface area contributed by atoms with Gasteiger partial charge >= 0.3 is 0 Å². The maximum absolute atomic E-state index is 13.4.